The topological polar surface area (TPSA) is 38.3 Å². The van der Waals surface area contributed by atoms with Gasteiger partial charge in [0.25, 0.3) is 0 Å². The number of ether oxygens (including phenoxy) is 1. The third-order valence-corrected chi connectivity index (χ3v) is 3.62. The highest BCUT2D eigenvalue weighted by Gasteiger charge is 2.22. The molecule has 0 radical (unpaired) electrons. The van der Waals surface area contributed by atoms with Crippen LogP contribution >= 0.6 is 0 Å². The summed E-state index contributed by atoms with van der Waals surface area (Å²) in [7, 11) is 0. The van der Waals surface area contributed by atoms with Crippen molar-refractivity contribution >= 4 is 5.97 Å². The van der Waals surface area contributed by atoms with E-state index in [0.717, 1.165) is 44.3 Å². The summed E-state index contributed by atoms with van der Waals surface area (Å²) in [6, 6.07) is 8.36. The quantitative estimate of drug-likeness (QED) is 0.828. The number of carbonyl (C=O) groups excluding carboxylic acids is 1. The molecule has 1 aromatic carbocycles. The molecule has 1 aromatic rings. The number of piperidine rings is 1. The van der Waals surface area contributed by atoms with Crippen LogP contribution in [0.3, 0.4) is 0 Å². The van der Waals surface area contributed by atoms with Crippen LogP contribution in [0.2, 0.25) is 0 Å². The summed E-state index contributed by atoms with van der Waals surface area (Å²) in [6.45, 7) is 4.42. The van der Waals surface area contributed by atoms with Crippen LogP contribution in [0.25, 0.3) is 0 Å². The smallest absolute Gasteiger partial charge is 0.309 e. The van der Waals surface area contributed by atoms with Gasteiger partial charge in [-0.15, -0.1) is 0 Å². The minimum Gasteiger partial charge on any atom is -0.461 e. The molecule has 0 amide bonds. The van der Waals surface area contributed by atoms with E-state index in [2.05, 4.69) is 36.5 Å². The fourth-order valence-electron chi connectivity index (χ4n) is 2.42. The van der Waals surface area contributed by atoms with Crippen LogP contribution in [0.1, 0.15) is 37.3 Å². The van der Waals surface area contributed by atoms with Gasteiger partial charge in [-0.25, -0.2) is 0 Å². The highest BCUT2D eigenvalue weighted by Crippen LogP contribution is 2.15. The second kappa shape index (κ2) is 7.29. The number of hydrogen-bond donors (Lipinski definition) is 1. The lowest BCUT2D eigenvalue weighted by molar-refractivity contribution is -0.150. The first-order valence-corrected chi connectivity index (χ1v) is 7.24. The van der Waals surface area contributed by atoms with Crippen LogP contribution in [-0.2, 0) is 22.6 Å². The zero-order valence-corrected chi connectivity index (χ0v) is 11.7. The highest BCUT2D eigenvalue weighted by atomic mass is 16.5. The highest BCUT2D eigenvalue weighted by molar-refractivity contribution is 5.72. The monoisotopic (exact) mass is 261 g/mol. The third kappa shape index (κ3) is 4.35. The minimum atomic E-state index is -0.0425. The molecule has 104 valence electrons. The Balaban J connectivity index is 1.79. The molecule has 0 aromatic heterocycles. The first-order valence-electron chi connectivity index (χ1n) is 7.24. The molecule has 0 unspecified atom stereocenters. The Bertz CT molecular complexity index is 394. The third-order valence-electron chi connectivity index (χ3n) is 3.62. The van der Waals surface area contributed by atoms with Gasteiger partial charge in [-0.1, -0.05) is 37.6 Å². The van der Waals surface area contributed by atoms with E-state index in [9.17, 15) is 4.79 Å². The van der Waals surface area contributed by atoms with E-state index in [1.807, 2.05) is 0 Å². The number of hydrogen-bond acceptors (Lipinski definition) is 3. The van der Waals surface area contributed by atoms with Crippen LogP contribution in [0.5, 0.6) is 0 Å². The van der Waals surface area contributed by atoms with Crippen molar-refractivity contribution in [3.05, 3.63) is 35.4 Å². The lowest BCUT2D eigenvalue weighted by atomic mass is 9.98. The van der Waals surface area contributed by atoms with E-state index in [4.69, 9.17) is 4.74 Å². The van der Waals surface area contributed by atoms with Gasteiger partial charge in [0.15, 0.2) is 0 Å². The van der Waals surface area contributed by atoms with Crippen LogP contribution in [0.4, 0.5) is 0 Å². The molecule has 0 saturated carbocycles. The summed E-state index contributed by atoms with van der Waals surface area (Å²) >= 11 is 0. The van der Waals surface area contributed by atoms with Crippen molar-refractivity contribution in [1.29, 1.82) is 0 Å². The maximum atomic E-state index is 11.9. The number of rotatable bonds is 5. The summed E-state index contributed by atoms with van der Waals surface area (Å²) in [5.74, 6) is 0.0414. The second-order valence-corrected chi connectivity index (χ2v) is 5.20. The molecule has 1 aliphatic heterocycles. The summed E-state index contributed by atoms with van der Waals surface area (Å²) in [6.07, 6.45) is 4.06. The molecule has 2 rings (SSSR count). The van der Waals surface area contributed by atoms with Gasteiger partial charge in [0.1, 0.15) is 6.61 Å². The van der Waals surface area contributed by atoms with E-state index < -0.39 is 0 Å². The minimum absolute atomic E-state index is 0.0425. The molecule has 3 nitrogen and oxygen atoms in total. The Hall–Kier alpha value is -1.35. The van der Waals surface area contributed by atoms with Gasteiger partial charge in [0.05, 0.1) is 5.92 Å². The number of carbonyl (C=O) groups is 1. The second-order valence-electron chi connectivity index (χ2n) is 5.20. The summed E-state index contributed by atoms with van der Waals surface area (Å²) in [5.41, 5.74) is 2.41. The molecule has 19 heavy (non-hydrogen) atoms. The zero-order chi connectivity index (χ0) is 13.5. The lowest BCUT2D eigenvalue weighted by Gasteiger charge is -2.20. The fourth-order valence-corrected chi connectivity index (χ4v) is 2.42. The Labute approximate surface area is 115 Å². The molecule has 0 atom stereocenters. The fraction of sp³-hybridized carbons (Fsp3) is 0.562. The number of benzene rings is 1. The average Bonchev–Trinajstić information content (AvgIpc) is 2.47. The van der Waals surface area contributed by atoms with Crippen LogP contribution in [0.15, 0.2) is 24.3 Å². The first-order chi connectivity index (χ1) is 9.29. The average molecular weight is 261 g/mol. The van der Waals surface area contributed by atoms with Crippen molar-refractivity contribution < 1.29 is 9.53 Å². The number of nitrogens with one attached hydrogen (secondary N) is 1. The van der Waals surface area contributed by atoms with E-state index in [1.165, 1.54) is 5.56 Å². The van der Waals surface area contributed by atoms with Crippen molar-refractivity contribution in [2.75, 3.05) is 13.1 Å². The maximum absolute atomic E-state index is 11.9. The maximum Gasteiger partial charge on any atom is 0.309 e. The normalized spacial score (nSPS) is 16.3. The molecule has 0 bridgehead atoms. The molecule has 0 spiro atoms. The van der Waals surface area contributed by atoms with Crippen molar-refractivity contribution in [2.45, 2.75) is 39.2 Å². The predicted molar refractivity (Wildman–Crippen MR) is 75.8 cm³/mol. The predicted octanol–water partition coefficient (Wildman–Crippen LogP) is 2.68. The molecule has 1 aliphatic rings. The molecular formula is C16H23NO2. The van der Waals surface area contributed by atoms with Crippen LogP contribution in [0, 0.1) is 5.92 Å². The van der Waals surface area contributed by atoms with Gasteiger partial charge in [-0.05, 0) is 43.5 Å². The van der Waals surface area contributed by atoms with E-state index in [0.29, 0.717) is 6.61 Å². The van der Waals surface area contributed by atoms with Gasteiger partial charge < -0.3 is 10.1 Å². The molecule has 1 heterocycles. The van der Waals surface area contributed by atoms with E-state index >= 15 is 0 Å². The molecular weight excluding hydrogens is 238 g/mol. The van der Waals surface area contributed by atoms with Gasteiger partial charge >= 0.3 is 5.97 Å². The zero-order valence-electron chi connectivity index (χ0n) is 11.7. The summed E-state index contributed by atoms with van der Waals surface area (Å²) < 4.78 is 5.40. The Morgan fingerprint density at radius 2 is 1.84 bits per heavy atom. The van der Waals surface area contributed by atoms with Crippen LogP contribution in [-0.4, -0.2) is 19.1 Å². The van der Waals surface area contributed by atoms with Crippen molar-refractivity contribution in [3.63, 3.8) is 0 Å². The Kier molecular flexibility index (Phi) is 5.40. The van der Waals surface area contributed by atoms with E-state index in [-0.39, 0.29) is 11.9 Å². The molecule has 0 aliphatic carbocycles. The Morgan fingerprint density at radius 1 is 1.21 bits per heavy atom. The standard InChI is InChI=1S/C16H23NO2/c1-2-3-13-4-6-14(7-5-13)12-19-16(18)15-8-10-17-11-9-15/h4-7,15,17H,2-3,8-12H2,1H3. The van der Waals surface area contributed by atoms with Gasteiger partial charge in [0.2, 0.25) is 0 Å². The lowest BCUT2D eigenvalue weighted by Crippen LogP contribution is -2.32. The van der Waals surface area contributed by atoms with Crippen molar-refractivity contribution in [1.82, 2.24) is 5.32 Å². The van der Waals surface area contributed by atoms with Crippen molar-refractivity contribution in [3.8, 4) is 0 Å². The van der Waals surface area contributed by atoms with Gasteiger partial charge in [0, 0.05) is 0 Å². The molecule has 1 saturated heterocycles. The van der Waals surface area contributed by atoms with E-state index in [1.54, 1.807) is 0 Å². The van der Waals surface area contributed by atoms with Crippen LogP contribution < -0.4 is 5.32 Å². The summed E-state index contributed by atoms with van der Waals surface area (Å²) in [4.78, 5) is 11.9. The van der Waals surface area contributed by atoms with Gasteiger partial charge in [-0.3, -0.25) is 4.79 Å². The largest absolute Gasteiger partial charge is 0.461 e. The molecule has 1 N–H and O–H groups in total. The van der Waals surface area contributed by atoms with Gasteiger partial charge in [-0.2, -0.15) is 0 Å². The number of aryl methyl sites for hydroxylation is 1. The molecule has 3 heteroatoms. The Morgan fingerprint density at radius 3 is 2.47 bits per heavy atom. The molecule has 1 fully saturated rings. The van der Waals surface area contributed by atoms with Crippen molar-refractivity contribution in [2.24, 2.45) is 5.92 Å². The number of esters is 1. The SMILES string of the molecule is CCCc1ccc(COC(=O)C2CCNCC2)cc1. The summed E-state index contributed by atoms with van der Waals surface area (Å²) in [5, 5.41) is 3.25. The first kappa shape index (κ1) is 14.1.